The van der Waals surface area contributed by atoms with E-state index in [4.69, 9.17) is 25.8 Å². The van der Waals surface area contributed by atoms with Crippen molar-refractivity contribution in [1.82, 2.24) is 9.66 Å². The lowest BCUT2D eigenvalue weighted by molar-refractivity contribution is -0.385. The van der Waals surface area contributed by atoms with Crippen LogP contribution in [0.2, 0.25) is 5.02 Å². The van der Waals surface area contributed by atoms with Crippen LogP contribution in [0.4, 0.5) is 5.69 Å². The Kier molecular flexibility index (Phi) is 7.04. The molecule has 0 fully saturated rings. The van der Waals surface area contributed by atoms with E-state index in [-0.39, 0.29) is 46.9 Å². The van der Waals surface area contributed by atoms with E-state index in [1.807, 2.05) is 13.8 Å². The van der Waals surface area contributed by atoms with Gasteiger partial charge in [0.05, 0.1) is 22.0 Å². The Morgan fingerprint density at radius 2 is 2.00 bits per heavy atom. The summed E-state index contributed by atoms with van der Waals surface area (Å²) in [6.45, 7) is 3.91. The largest absolute Gasteiger partial charge is 0.481 e. The molecule has 4 aromatic rings. The Morgan fingerprint density at radius 3 is 2.76 bits per heavy atom. The van der Waals surface area contributed by atoms with Gasteiger partial charge in [-0.05, 0) is 42.0 Å². The van der Waals surface area contributed by atoms with E-state index < -0.39 is 4.92 Å². The predicted molar refractivity (Wildman–Crippen MR) is 146 cm³/mol. The molecule has 38 heavy (non-hydrogen) atoms. The maximum Gasteiger partial charge on any atom is 0.313 e. The third kappa shape index (κ3) is 5.07. The lowest BCUT2D eigenvalue weighted by Gasteiger charge is -2.13. The average molecular weight is 600 g/mol. The summed E-state index contributed by atoms with van der Waals surface area (Å²) in [4.78, 5) is 29.3. The molecule has 0 saturated carbocycles. The first-order chi connectivity index (χ1) is 18.2. The molecule has 1 aliphatic heterocycles. The first-order valence-corrected chi connectivity index (χ1v) is 12.6. The molecule has 5 rings (SSSR count). The molecule has 0 unspecified atom stereocenters. The van der Waals surface area contributed by atoms with Crippen molar-refractivity contribution in [3.05, 3.63) is 95.4 Å². The van der Waals surface area contributed by atoms with Crippen molar-refractivity contribution in [3.8, 4) is 17.2 Å². The van der Waals surface area contributed by atoms with Crippen LogP contribution in [-0.2, 0) is 6.61 Å². The summed E-state index contributed by atoms with van der Waals surface area (Å²) < 4.78 is 18.5. The SMILES string of the molecule is CC(C)c1nc2ccc(Br)cc2c(=O)n1N=Cc1cc(Cl)cc([N+](=O)[O-])c1OCc1ccc2c(c1)OCO2. The third-order valence-electron chi connectivity index (χ3n) is 5.74. The van der Waals surface area contributed by atoms with Crippen molar-refractivity contribution in [3.63, 3.8) is 0 Å². The minimum absolute atomic E-state index is 0.00268. The molecule has 0 saturated heterocycles. The van der Waals surface area contributed by atoms with Gasteiger partial charge in [0.1, 0.15) is 12.4 Å². The van der Waals surface area contributed by atoms with Crippen LogP contribution in [-0.4, -0.2) is 27.6 Å². The fourth-order valence-corrected chi connectivity index (χ4v) is 4.53. The van der Waals surface area contributed by atoms with Crippen molar-refractivity contribution >= 4 is 50.3 Å². The summed E-state index contributed by atoms with van der Waals surface area (Å²) in [5.41, 5.74) is 0.761. The van der Waals surface area contributed by atoms with Crippen LogP contribution in [0.3, 0.4) is 0 Å². The van der Waals surface area contributed by atoms with Gasteiger partial charge in [-0.2, -0.15) is 9.78 Å². The molecule has 12 heteroatoms. The molecule has 0 amide bonds. The van der Waals surface area contributed by atoms with Gasteiger partial charge in [-0.15, -0.1) is 0 Å². The van der Waals surface area contributed by atoms with E-state index in [0.29, 0.717) is 33.8 Å². The quantitative estimate of drug-likeness (QED) is 0.144. The normalized spacial score (nSPS) is 12.6. The van der Waals surface area contributed by atoms with Crippen molar-refractivity contribution in [2.24, 2.45) is 5.10 Å². The van der Waals surface area contributed by atoms with Gasteiger partial charge in [-0.3, -0.25) is 14.9 Å². The van der Waals surface area contributed by atoms with Gasteiger partial charge in [0.25, 0.3) is 5.56 Å². The van der Waals surface area contributed by atoms with Crippen LogP contribution in [0.1, 0.15) is 36.7 Å². The van der Waals surface area contributed by atoms with Gasteiger partial charge in [-0.1, -0.05) is 47.4 Å². The number of nitrogens with zero attached hydrogens (tertiary/aromatic N) is 4. The number of hydrogen-bond acceptors (Lipinski definition) is 8. The molecular formula is C26H20BrClN4O6. The monoisotopic (exact) mass is 598 g/mol. The zero-order valence-corrected chi connectivity index (χ0v) is 22.5. The molecule has 194 valence electrons. The Labute approximate surface area is 229 Å². The number of fused-ring (bicyclic) bond motifs is 2. The van der Waals surface area contributed by atoms with Gasteiger partial charge < -0.3 is 14.2 Å². The van der Waals surface area contributed by atoms with Gasteiger partial charge in [0.2, 0.25) is 12.5 Å². The maximum absolute atomic E-state index is 13.4. The molecule has 0 bridgehead atoms. The van der Waals surface area contributed by atoms with E-state index in [1.54, 1.807) is 36.4 Å². The molecule has 0 aliphatic carbocycles. The highest BCUT2D eigenvalue weighted by Crippen LogP contribution is 2.36. The number of hydrogen-bond donors (Lipinski definition) is 0. The zero-order chi connectivity index (χ0) is 27.0. The molecule has 1 aliphatic rings. The fraction of sp³-hybridized carbons (Fsp3) is 0.192. The molecule has 0 radical (unpaired) electrons. The first-order valence-electron chi connectivity index (χ1n) is 11.5. The smallest absolute Gasteiger partial charge is 0.313 e. The van der Waals surface area contributed by atoms with Gasteiger partial charge in [0, 0.05) is 27.0 Å². The van der Waals surface area contributed by atoms with Crippen molar-refractivity contribution in [2.75, 3.05) is 6.79 Å². The molecule has 3 aromatic carbocycles. The predicted octanol–water partition coefficient (Wildman–Crippen LogP) is 6.03. The van der Waals surface area contributed by atoms with Crippen LogP contribution < -0.4 is 19.8 Å². The zero-order valence-electron chi connectivity index (χ0n) is 20.2. The Bertz CT molecular complexity index is 1670. The molecule has 0 spiro atoms. The van der Waals surface area contributed by atoms with Crippen LogP contribution in [0.25, 0.3) is 10.9 Å². The van der Waals surface area contributed by atoms with Crippen LogP contribution >= 0.6 is 27.5 Å². The van der Waals surface area contributed by atoms with Crippen LogP contribution in [0, 0.1) is 10.1 Å². The lowest BCUT2D eigenvalue weighted by atomic mass is 10.1. The van der Waals surface area contributed by atoms with Gasteiger partial charge >= 0.3 is 5.69 Å². The minimum atomic E-state index is -0.584. The van der Waals surface area contributed by atoms with Crippen molar-refractivity contribution in [1.29, 1.82) is 0 Å². The highest BCUT2D eigenvalue weighted by molar-refractivity contribution is 9.10. The summed E-state index contributed by atoms with van der Waals surface area (Å²) in [7, 11) is 0. The second-order valence-electron chi connectivity index (χ2n) is 8.72. The summed E-state index contributed by atoms with van der Waals surface area (Å²) in [5, 5.41) is 16.7. The van der Waals surface area contributed by atoms with Crippen molar-refractivity contribution in [2.45, 2.75) is 26.4 Å². The molecule has 2 heterocycles. The highest BCUT2D eigenvalue weighted by atomic mass is 79.9. The lowest BCUT2D eigenvalue weighted by Crippen LogP contribution is -2.23. The average Bonchev–Trinajstić information content (AvgIpc) is 3.35. The second kappa shape index (κ2) is 10.4. The summed E-state index contributed by atoms with van der Waals surface area (Å²) in [6, 6.07) is 13.2. The summed E-state index contributed by atoms with van der Waals surface area (Å²) in [6.07, 6.45) is 1.31. The Balaban J connectivity index is 1.57. The van der Waals surface area contributed by atoms with Crippen molar-refractivity contribution < 1.29 is 19.1 Å². The van der Waals surface area contributed by atoms with Crippen LogP contribution in [0.5, 0.6) is 17.2 Å². The van der Waals surface area contributed by atoms with Gasteiger partial charge in [-0.25, -0.2) is 4.98 Å². The van der Waals surface area contributed by atoms with E-state index in [0.717, 1.165) is 4.47 Å². The van der Waals surface area contributed by atoms with Gasteiger partial charge in [0.15, 0.2) is 11.5 Å². The molecule has 1 aromatic heterocycles. The maximum atomic E-state index is 13.4. The number of halogens is 2. The summed E-state index contributed by atoms with van der Waals surface area (Å²) >= 11 is 9.58. The second-order valence-corrected chi connectivity index (χ2v) is 10.1. The molecule has 0 atom stereocenters. The number of aromatic nitrogens is 2. The number of ether oxygens (including phenoxy) is 3. The number of nitro groups is 1. The molecular weight excluding hydrogens is 580 g/mol. The van der Waals surface area contributed by atoms with E-state index >= 15 is 0 Å². The minimum Gasteiger partial charge on any atom is -0.481 e. The Hall–Kier alpha value is -3.96. The highest BCUT2D eigenvalue weighted by Gasteiger charge is 2.22. The van der Waals surface area contributed by atoms with E-state index in [9.17, 15) is 14.9 Å². The molecule has 0 N–H and O–H groups in total. The summed E-state index contributed by atoms with van der Waals surface area (Å²) in [5.74, 6) is 1.43. The number of benzene rings is 3. The first kappa shape index (κ1) is 25.7. The number of rotatable bonds is 7. The Morgan fingerprint density at radius 1 is 1.21 bits per heavy atom. The van der Waals surface area contributed by atoms with Crippen LogP contribution in [0.15, 0.2) is 62.9 Å². The number of nitro benzene ring substituents is 1. The topological polar surface area (TPSA) is 118 Å². The third-order valence-corrected chi connectivity index (χ3v) is 6.45. The fourth-order valence-electron chi connectivity index (χ4n) is 3.95. The molecule has 10 nitrogen and oxygen atoms in total. The standard InChI is InChI=1S/C26H20BrClN4O6/c1-14(2)25-30-20-5-4-17(27)9-19(20)26(33)31(25)29-11-16-8-18(28)10-21(32(34)35)24(16)36-12-15-3-6-22-23(7-15)38-13-37-22/h3-11,14H,12-13H2,1-2H3. The van der Waals surface area contributed by atoms with E-state index in [2.05, 4.69) is 26.0 Å². The van der Waals surface area contributed by atoms with E-state index in [1.165, 1.54) is 23.0 Å².